The lowest BCUT2D eigenvalue weighted by Crippen LogP contribution is -2.27. The van der Waals surface area contributed by atoms with Gasteiger partial charge in [-0.05, 0) is 30.0 Å². The summed E-state index contributed by atoms with van der Waals surface area (Å²) >= 11 is 0. The van der Waals surface area contributed by atoms with Gasteiger partial charge in [-0.15, -0.1) is 0 Å². The zero-order valence-electron chi connectivity index (χ0n) is 12.7. The van der Waals surface area contributed by atoms with Crippen molar-refractivity contribution >= 4 is 11.6 Å². The Bertz CT molecular complexity index is 425. The second-order valence-electron chi connectivity index (χ2n) is 5.64. The van der Waals surface area contributed by atoms with Crippen LogP contribution < -0.4 is 10.6 Å². The van der Waals surface area contributed by atoms with Crippen LogP contribution >= 0.6 is 0 Å². The highest BCUT2D eigenvalue weighted by atomic mass is 16.1. The monoisotopic (exact) mass is 262 g/mol. The topological polar surface area (TPSA) is 41.1 Å². The highest BCUT2D eigenvalue weighted by Crippen LogP contribution is 2.22. The minimum Gasteiger partial charge on any atom is -0.326 e. The molecule has 0 aliphatic rings. The molecular formula is C16H26N2O. The fourth-order valence-electron chi connectivity index (χ4n) is 1.82. The van der Waals surface area contributed by atoms with Gasteiger partial charge >= 0.3 is 0 Å². The SMILES string of the molecule is Cc1ccc(C(C)C)cc1NC(=O)CCNC(C)C. The van der Waals surface area contributed by atoms with Gasteiger partial charge < -0.3 is 10.6 Å². The second kappa shape index (κ2) is 7.29. The van der Waals surface area contributed by atoms with Gasteiger partial charge in [0, 0.05) is 24.7 Å². The molecule has 0 aliphatic carbocycles. The van der Waals surface area contributed by atoms with Crippen LogP contribution in [0.2, 0.25) is 0 Å². The van der Waals surface area contributed by atoms with Crippen LogP contribution in [0.3, 0.4) is 0 Å². The number of carbonyl (C=O) groups excluding carboxylic acids is 1. The number of hydrogen-bond acceptors (Lipinski definition) is 2. The van der Waals surface area contributed by atoms with Crippen LogP contribution in [0.1, 0.15) is 51.2 Å². The molecule has 3 nitrogen and oxygen atoms in total. The standard InChI is InChI=1S/C16H26N2O/c1-11(2)14-7-6-13(5)15(10-14)18-16(19)8-9-17-12(3)4/h6-7,10-12,17H,8-9H2,1-5H3,(H,18,19). The number of benzene rings is 1. The third kappa shape index (κ3) is 5.43. The molecule has 0 saturated carbocycles. The molecule has 0 unspecified atom stereocenters. The Balaban J connectivity index is 2.60. The third-order valence-corrected chi connectivity index (χ3v) is 3.11. The van der Waals surface area contributed by atoms with Crippen LogP contribution in [0, 0.1) is 6.92 Å². The first kappa shape index (κ1) is 15.7. The van der Waals surface area contributed by atoms with E-state index in [4.69, 9.17) is 0 Å². The molecule has 1 aromatic rings. The molecule has 1 amide bonds. The molecule has 0 fully saturated rings. The Labute approximate surface area is 116 Å². The van der Waals surface area contributed by atoms with Gasteiger partial charge in [0.2, 0.25) is 5.91 Å². The molecule has 0 radical (unpaired) electrons. The quantitative estimate of drug-likeness (QED) is 0.824. The third-order valence-electron chi connectivity index (χ3n) is 3.11. The Kier molecular flexibility index (Phi) is 6.03. The van der Waals surface area contributed by atoms with Crippen molar-refractivity contribution in [3.05, 3.63) is 29.3 Å². The summed E-state index contributed by atoms with van der Waals surface area (Å²) in [4.78, 5) is 11.9. The molecule has 2 N–H and O–H groups in total. The van der Waals surface area contributed by atoms with Crippen LogP contribution in [0.5, 0.6) is 0 Å². The summed E-state index contributed by atoms with van der Waals surface area (Å²) in [6.07, 6.45) is 0.503. The molecule has 106 valence electrons. The van der Waals surface area contributed by atoms with Crippen molar-refractivity contribution in [1.29, 1.82) is 0 Å². The average Bonchev–Trinajstić information content (AvgIpc) is 2.31. The zero-order chi connectivity index (χ0) is 14.4. The van der Waals surface area contributed by atoms with Gasteiger partial charge in [0.1, 0.15) is 0 Å². The molecular weight excluding hydrogens is 236 g/mol. The molecule has 0 aromatic heterocycles. The smallest absolute Gasteiger partial charge is 0.225 e. The predicted octanol–water partition coefficient (Wildman–Crippen LogP) is 3.45. The molecule has 0 atom stereocenters. The van der Waals surface area contributed by atoms with E-state index in [9.17, 15) is 4.79 Å². The highest BCUT2D eigenvalue weighted by Gasteiger charge is 2.07. The van der Waals surface area contributed by atoms with E-state index in [2.05, 4.69) is 56.5 Å². The lowest BCUT2D eigenvalue weighted by molar-refractivity contribution is -0.116. The molecule has 0 spiro atoms. The Morgan fingerprint density at radius 1 is 1.21 bits per heavy atom. The highest BCUT2D eigenvalue weighted by molar-refractivity contribution is 5.91. The molecule has 1 aromatic carbocycles. The van der Waals surface area contributed by atoms with Crippen LogP contribution in [0.25, 0.3) is 0 Å². The van der Waals surface area contributed by atoms with E-state index < -0.39 is 0 Å². The van der Waals surface area contributed by atoms with E-state index in [0.29, 0.717) is 24.9 Å². The summed E-state index contributed by atoms with van der Waals surface area (Å²) in [6, 6.07) is 6.68. The lowest BCUT2D eigenvalue weighted by Gasteiger charge is -2.13. The summed E-state index contributed by atoms with van der Waals surface area (Å²) in [5.74, 6) is 0.538. The number of hydrogen-bond donors (Lipinski definition) is 2. The fraction of sp³-hybridized carbons (Fsp3) is 0.562. The van der Waals surface area contributed by atoms with Crippen molar-refractivity contribution in [3.63, 3.8) is 0 Å². The first-order valence-electron chi connectivity index (χ1n) is 7.04. The Morgan fingerprint density at radius 2 is 1.89 bits per heavy atom. The minimum absolute atomic E-state index is 0.0668. The molecule has 19 heavy (non-hydrogen) atoms. The van der Waals surface area contributed by atoms with Crippen molar-refractivity contribution in [2.75, 3.05) is 11.9 Å². The second-order valence-corrected chi connectivity index (χ2v) is 5.64. The summed E-state index contributed by atoms with van der Waals surface area (Å²) in [7, 11) is 0. The van der Waals surface area contributed by atoms with Crippen molar-refractivity contribution in [1.82, 2.24) is 5.32 Å². The van der Waals surface area contributed by atoms with E-state index in [-0.39, 0.29) is 5.91 Å². The van der Waals surface area contributed by atoms with E-state index in [1.807, 2.05) is 6.92 Å². The molecule has 0 saturated heterocycles. The van der Waals surface area contributed by atoms with Gasteiger partial charge in [-0.1, -0.05) is 39.8 Å². The number of amides is 1. The first-order valence-corrected chi connectivity index (χ1v) is 7.04. The van der Waals surface area contributed by atoms with Gasteiger partial charge in [0.15, 0.2) is 0 Å². The number of aryl methyl sites for hydroxylation is 1. The maximum atomic E-state index is 11.9. The summed E-state index contributed by atoms with van der Waals surface area (Å²) in [6.45, 7) is 11.2. The van der Waals surface area contributed by atoms with E-state index in [0.717, 1.165) is 11.3 Å². The van der Waals surface area contributed by atoms with Gasteiger partial charge in [-0.25, -0.2) is 0 Å². The van der Waals surface area contributed by atoms with E-state index >= 15 is 0 Å². The maximum absolute atomic E-state index is 11.9. The Morgan fingerprint density at radius 3 is 2.47 bits per heavy atom. The van der Waals surface area contributed by atoms with Crippen molar-refractivity contribution in [3.8, 4) is 0 Å². The van der Waals surface area contributed by atoms with Crippen molar-refractivity contribution in [2.24, 2.45) is 0 Å². The molecule has 0 aliphatic heterocycles. The van der Waals surface area contributed by atoms with Gasteiger partial charge in [0.25, 0.3) is 0 Å². The van der Waals surface area contributed by atoms with Gasteiger partial charge in [-0.3, -0.25) is 4.79 Å². The number of anilines is 1. The number of carbonyl (C=O) groups is 1. The Hall–Kier alpha value is -1.35. The van der Waals surface area contributed by atoms with E-state index in [1.165, 1.54) is 5.56 Å². The van der Waals surface area contributed by atoms with Crippen molar-refractivity contribution in [2.45, 2.75) is 53.0 Å². The lowest BCUT2D eigenvalue weighted by atomic mass is 10.0. The fourth-order valence-corrected chi connectivity index (χ4v) is 1.82. The zero-order valence-corrected chi connectivity index (χ0v) is 12.7. The van der Waals surface area contributed by atoms with Gasteiger partial charge in [-0.2, -0.15) is 0 Å². The molecule has 1 rings (SSSR count). The normalized spacial score (nSPS) is 11.1. The number of rotatable bonds is 6. The first-order chi connectivity index (χ1) is 8.90. The molecule has 0 bridgehead atoms. The predicted molar refractivity (Wildman–Crippen MR) is 81.7 cm³/mol. The van der Waals surface area contributed by atoms with Crippen LogP contribution in [-0.4, -0.2) is 18.5 Å². The molecule has 3 heteroatoms. The van der Waals surface area contributed by atoms with E-state index in [1.54, 1.807) is 0 Å². The largest absolute Gasteiger partial charge is 0.326 e. The summed E-state index contributed by atoms with van der Waals surface area (Å²) in [5, 5.41) is 6.25. The van der Waals surface area contributed by atoms with Crippen LogP contribution in [-0.2, 0) is 4.79 Å². The van der Waals surface area contributed by atoms with Crippen molar-refractivity contribution < 1.29 is 4.79 Å². The number of nitrogens with one attached hydrogen (secondary N) is 2. The average molecular weight is 262 g/mol. The van der Waals surface area contributed by atoms with Crippen LogP contribution in [0.15, 0.2) is 18.2 Å². The summed E-state index contributed by atoms with van der Waals surface area (Å²) in [5.41, 5.74) is 3.29. The van der Waals surface area contributed by atoms with Gasteiger partial charge in [0.05, 0.1) is 0 Å². The molecule has 0 heterocycles. The van der Waals surface area contributed by atoms with Crippen LogP contribution in [0.4, 0.5) is 5.69 Å². The summed E-state index contributed by atoms with van der Waals surface area (Å²) < 4.78 is 0. The maximum Gasteiger partial charge on any atom is 0.225 e. The minimum atomic E-state index is 0.0668.